The number of hydrogen-bond acceptors (Lipinski definition) is 1. The Hall–Kier alpha value is -0.340. The summed E-state index contributed by atoms with van der Waals surface area (Å²) in [5, 5.41) is 0. The standard InChI is InChI=1S/C14H20BrN/c1-10(2)13-4-3-12(15)9-11(13)5-6-14(16)7-8-14/h3-4,9-10H,5-8,16H2,1-2H3. The van der Waals surface area contributed by atoms with Crippen LogP contribution in [0.2, 0.25) is 0 Å². The van der Waals surface area contributed by atoms with E-state index in [1.807, 2.05) is 0 Å². The van der Waals surface area contributed by atoms with Gasteiger partial charge in [0.25, 0.3) is 0 Å². The molecule has 0 spiro atoms. The first kappa shape index (κ1) is 12.1. The first-order valence-electron chi connectivity index (χ1n) is 6.07. The van der Waals surface area contributed by atoms with Crippen molar-refractivity contribution in [1.82, 2.24) is 0 Å². The average Bonchev–Trinajstić information content (AvgIpc) is 2.94. The largest absolute Gasteiger partial charge is 0.325 e. The Bertz CT molecular complexity index is 380. The molecule has 16 heavy (non-hydrogen) atoms. The van der Waals surface area contributed by atoms with Gasteiger partial charge in [-0.3, -0.25) is 0 Å². The summed E-state index contributed by atoms with van der Waals surface area (Å²) in [6, 6.07) is 6.62. The molecule has 0 heterocycles. The summed E-state index contributed by atoms with van der Waals surface area (Å²) in [6.07, 6.45) is 4.66. The van der Waals surface area contributed by atoms with Gasteiger partial charge in [-0.1, -0.05) is 35.8 Å². The monoisotopic (exact) mass is 281 g/mol. The molecule has 2 N–H and O–H groups in total. The number of halogens is 1. The van der Waals surface area contributed by atoms with Crippen LogP contribution >= 0.6 is 15.9 Å². The van der Waals surface area contributed by atoms with Crippen molar-refractivity contribution < 1.29 is 0 Å². The molecule has 1 aliphatic carbocycles. The molecule has 1 nitrogen and oxygen atoms in total. The average molecular weight is 282 g/mol. The van der Waals surface area contributed by atoms with Gasteiger partial charge in [0.05, 0.1) is 0 Å². The summed E-state index contributed by atoms with van der Waals surface area (Å²) < 4.78 is 1.17. The van der Waals surface area contributed by atoms with Crippen LogP contribution in [-0.4, -0.2) is 5.54 Å². The van der Waals surface area contributed by atoms with Crippen molar-refractivity contribution >= 4 is 15.9 Å². The van der Waals surface area contributed by atoms with Gasteiger partial charge >= 0.3 is 0 Å². The highest BCUT2D eigenvalue weighted by molar-refractivity contribution is 9.10. The molecule has 0 bridgehead atoms. The molecule has 1 aliphatic rings. The van der Waals surface area contributed by atoms with Gasteiger partial charge in [0, 0.05) is 10.0 Å². The fourth-order valence-electron chi connectivity index (χ4n) is 2.15. The molecule has 2 heteroatoms. The smallest absolute Gasteiger partial charge is 0.0178 e. The molecule has 0 radical (unpaired) electrons. The first-order chi connectivity index (χ1) is 7.50. The topological polar surface area (TPSA) is 26.0 Å². The summed E-state index contributed by atoms with van der Waals surface area (Å²) in [7, 11) is 0. The Morgan fingerprint density at radius 2 is 2.06 bits per heavy atom. The highest BCUT2D eigenvalue weighted by atomic mass is 79.9. The van der Waals surface area contributed by atoms with Gasteiger partial charge in [-0.05, 0) is 54.9 Å². The molecule has 0 unspecified atom stereocenters. The molecule has 1 saturated carbocycles. The molecule has 0 aromatic heterocycles. The zero-order chi connectivity index (χ0) is 11.8. The minimum absolute atomic E-state index is 0.163. The van der Waals surface area contributed by atoms with Crippen LogP contribution in [0.25, 0.3) is 0 Å². The third-order valence-corrected chi connectivity index (χ3v) is 4.00. The molecule has 1 aromatic carbocycles. The second kappa shape index (κ2) is 4.50. The van der Waals surface area contributed by atoms with Crippen molar-refractivity contribution in [2.45, 2.75) is 51.0 Å². The first-order valence-corrected chi connectivity index (χ1v) is 6.87. The molecular formula is C14H20BrN. The zero-order valence-electron chi connectivity index (χ0n) is 10.1. The molecule has 88 valence electrons. The van der Waals surface area contributed by atoms with E-state index in [0.29, 0.717) is 5.92 Å². The van der Waals surface area contributed by atoms with E-state index in [1.165, 1.54) is 28.4 Å². The molecule has 0 aliphatic heterocycles. The van der Waals surface area contributed by atoms with Gasteiger partial charge < -0.3 is 5.73 Å². The van der Waals surface area contributed by atoms with Gasteiger partial charge in [0.15, 0.2) is 0 Å². The molecular weight excluding hydrogens is 262 g/mol. The van der Waals surface area contributed by atoms with Crippen molar-refractivity contribution in [2.75, 3.05) is 0 Å². The van der Waals surface area contributed by atoms with Gasteiger partial charge in [0.1, 0.15) is 0 Å². The van der Waals surface area contributed by atoms with E-state index in [9.17, 15) is 0 Å². The van der Waals surface area contributed by atoms with Crippen molar-refractivity contribution in [3.05, 3.63) is 33.8 Å². The zero-order valence-corrected chi connectivity index (χ0v) is 11.7. The van der Waals surface area contributed by atoms with Crippen LogP contribution in [0.1, 0.15) is 50.2 Å². The van der Waals surface area contributed by atoms with Crippen LogP contribution in [0.3, 0.4) is 0 Å². The van der Waals surface area contributed by atoms with Crippen molar-refractivity contribution in [3.8, 4) is 0 Å². The quantitative estimate of drug-likeness (QED) is 0.887. The molecule has 1 fully saturated rings. The van der Waals surface area contributed by atoms with E-state index < -0.39 is 0 Å². The van der Waals surface area contributed by atoms with Gasteiger partial charge in [0.2, 0.25) is 0 Å². The van der Waals surface area contributed by atoms with E-state index in [4.69, 9.17) is 5.73 Å². The lowest BCUT2D eigenvalue weighted by Crippen LogP contribution is -2.22. The number of benzene rings is 1. The second-order valence-corrected chi connectivity index (χ2v) is 6.28. The van der Waals surface area contributed by atoms with Crippen LogP contribution in [0.15, 0.2) is 22.7 Å². The van der Waals surface area contributed by atoms with Crippen LogP contribution in [0, 0.1) is 0 Å². The Morgan fingerprint density at radius 3 is 2.62 bits per heavy atom. The fraction of sp³-hybridized carbons (Fsp3) is 0.571. The van der Waals surface area contributed by atoms with Crippen LogP contribution in [-0.2, 0) is 6.42 Å². The highest BCUT2D eigenvalue weighted by Gasteiger charge is 2.37. The summed E-state index contributed by atoms with van der Waals surface area (Å²) in [6.45, 7) is 4.50. The molecule has 0 amide bonds. The van der Waals surface area contributed by atoms with E-state index in [-0.39, 0.29) is 5.54 Å². The van der Waals surface area contributed by atoms with Crippen LogP contribution in [0.4, 0.5) is 0 Å². The van der Waals surface area contributed by atoms with Crippen molar-refractivity contribution in [3.63, 3.8) is 0 Å². The Balaban J connectivity index is 2.13. The number of hydrogen-bond donors (Lipinski definition) is 1. The summed E-state index contributed by atoms with van der Waals surface area (Å²) in [4.78, 5) is 0. The lowest BCUT2D eigenvalue weighted by Gasteiger charge is -2.15. The van der Waals surface area contributed by atoms with Crippen LogP contribution in [0.5, 0.6) is 0 Å². The minimum Gasteiger partial charge on any atom is -0.325 e. The van der Waals surface area contributed by atoms with Crippen molar-refractivity contribution in [2.24, 2.45) is 5.73 Å². The summed E-state index contributed by atoms with van der Waals surface area (Å²) >= 11 is 3.55. The summed E-state index contributed by atoms with van der Waals surface area (Å²) in [5.41, 5.74) is 9.23. The molecule has 2 rings (SSSR count). The van der Waals surface area contributed by atoms with Crippen LogP contribution < -0.4 is 5.73 Å². The van der Waals surface area contributed by atoms with Gasteiger partial charge in [-0.15, -0.1) is 0 Å². The SMILES string of the molecule is CC(C)c1ccc(Br)cc1CCC1(N)CC1. The lowest BCUT2D eigenvalue weighted by molar-refractivity contribution is 0.605. The Kier molecular flexibility index (Phi) is 3.41. The number of rotatable bonds is 4. The third kappa shape index (κ3) is 2.86. The van der Waals surface area contributed by atoms with E-state index in [2.05, 4.69) is 48.0 Å². The lowest BCUT2D eigenvalue weighted by atomic mass is 9.93. The van der Waals surface area contributed by atoms with Gasteiger partial charge in [-0.25, -0.2) is 0 Å². The maximum absolute atomic E-state index is 6.15. The fourth-order valence-corrected chi connectivity index (χ4v) is 2.56. The highest BCUT2D eigenvalue weighted by Crippen LogP contribution is 2.37. The maximum Gasteiger partial charge on any atom is 0.0178 e. The minimum atomic E-state index is 0.163. The normalized spacial score (nSPS) is 17.8. The maximum atomic E-state index is 6.15. The number of nitrogens with two attached hydrogens (primary N) is 1. The van der Waals surface area contributed by atoms with E-state index in [1.54, 1.807) is 0 Å². The second-order valence-electron chi connectivity index (χ2n) is 5.36. The van der Waals surface area contributed by atoms with E-state index in [0.717, 1.165) is 12.8 Å². The van der Waals surface area contributed by atoms with E-state index >= 15 is 0 Å². The third-order valence-electron chi connectivity index (χ3n) is 3.51. The Labute approximate surface area is 107 Å². The molecule has 1 aromatic rings. The van der Waals surface area contributed by atoms with Crippen molar-refractivity contribution in [1.29, 1.82) is 0 Å². The molecule has 0 atom stereocenters. The Morgan fingerprint density at radius 1 is 1.38 bits per heavy atom. The van der Waals surface area contributed by atoms with Gasteiger partial charge in [-0.2, -0.15) is 0 Å². The molecule has 0 saturated heterocycles. The predicted octanol–water partition coefficient (Wildman–Crippen LogP) is 4.00. The summed E-state index contributed by atoms with van der Waals surface area (Å²) in [5.74, 6) is 0.594. The predicted molar refractivity (Wildman–Crippen MR) is 72.7 cm³/mol. The number of aryl methyl sites for hydroxylation is 1.